The van der Waals surface area contributed by atoms with Gasteiger partial charge in [-0.2, -0.15) is 0 Å². The standard InChI is InChI=1S/C25H30O8/c1-6-15-18(11-31-13(2)26)24(27)17-10-20-19(32-12-33-20)9-16(17)23(15)14-7-21(28-3)25(30-5)22(8-14)29-4/h7-10,15,18,23-24,27H,6,11-12H2,1-5H3/t15-,18+,23?,24-/m1/s1. The van der Waals surface area contributed by atoms with Gasteiger partial charge in [-0.25, -0.2) is 0 Å². The fourth-order valence-electron chi connectivity index (χ4n) is 5.12. The lowest BCUT2D eigenvalue weighted by Crippen LogP contribution is -2.36. The van der Waals surface area contributed by atoms with E-state index in [0.717, 1.165) is 23.1 Å². The second-order valence-electron chi connectivity index (χ2n) is 8.25. The minimum absolute atomic E-state index is 0.0324. The fraction of sp³-hybridized carbons (Fsp3) is 0.480. The Morgan fingerprint density at radius 1 is 0.970 bits per heavy atom. The number of aliphatic hydroxyl groups excluding tert-OH is 1. The number of fused-ring (bicyclic) bond motifs is 2. The van der Waals surface area contributed by atoms with Crippen LogP contribution in [0.2, 0.25) is 0 Å². The quantitative estimate of drug-likeness (QED) is 0.626. The van der Waals surface area contributed by atoms with E-state index >= 15 is 0 Å². The summed E-state index contributed by atoms with van der Waals surface area (Å²) in [7, 11) is 4.73. The van der Waals surface area contributed by atoms with E-state index in [9.17, 15) is 9.90 Å². The fourth-order valence-corrected chi connectivity index (χ4v) is 5.12. The molecule has 33 heavy (non-hydrogen) atoms. The molecule has 0 bridgehead atoms. The van der Waals surface area contributed by atoms with Crippen LogP contribution in [0.15, 0.2) is 24.3 Å². The summed E-state index contributed by atoms with van der Waals surface area (Å²) < 4.78 is 33.3. The van der Waals surface area contributed by atoms with Gasteiger partial charge in [0.05, 0.1) is 34.0 Å². The number of hydrogen-bond donors (Lipinski definition) is 1. The third-order valence-electron chi connectivity index (χ3n) is 6.61. The van der Waals surface area contributed by atoms with E-state index in [1.807, 2.05) is 24.3 Å². The van der Waals surface area contributed by atoms with Gasteiger partial charge in [-0.1, -0.05) is 13.3 Å². The molecule has 0 radical (unpaired) electrons. The highest BCUT2D eigenvalue weighted by Crippen LogP contribution is 2.54. The highest BCUT2D eigenvalue weighted by atomic mass is 16.7. The molecule has 0 saturated heterocycles. The largest absolute Gasteiger partial charge is 0.493 e. The zero-order valence-electron chi connectivity index (χ0n) is 19.5. The van der Waals surface area contributed by atoms with Crippen molar-refractivity contribution in [3.63, 3.8) is 0 Å². The molecule has 0 fully saturated rings. The number of aliphatic hydroxyl groups is 1. The summed E-state index contributed by atoms with van der Waals surface area (Å²) >= 11 is 0. The van der Waals surface area contributed by atoms with E-state index in [2.05, 4.69) is 6.92 Å². The molecule has 2 aliphatic rings. The van der Waals surface area contributed by atoms with Crippen LogP contribution in [0.5, 0.6) is 28.7 Å². The molecule has 0 aromatic heterocycles. The van der Waals surface area contributed by atoms with Crippen LogP contribution in [-0.2, 0) is 9.53 Å². The first-order valence-electron chi connectivity index (χ1n) is 11.0. The van der Waals surface area contributed by atoms with Gasteiger partial charge in [0.25, 0.3) is 0 Å². The van der Waals surface area contributed by atoms with E-state index in [4.69, 9.17) is 28.4 Å². The number of hydrogen-bond acceptors (Lipinski definition) is 8. The van der Waals surface area contributed by atoms with Gasteiger partial charge < -0.3 is 33.5 Å². The molecule has 1 heterocycles. The molecule has 0 amide bonds. The second-order valence-corrected chi connectivity index (χ2v) is 8.25. The number of benzene rings is 2. The van der Waals surface area contributed by atoms with Crippen LogP contribution in [-0.4, -0.2) is 45.8 Å². The summed E-state index contributed by atoms with van der Waals surface area (Å²) in [6.07, 6.45) is -0.0739. The summed E-state index contributed by atoms with van der Waals surface area (Å²) in [5.74, 6) is 1.98. The van der Waals surface area contributed by atoms with Gasteiger partial charge in [0.15, 0.2) is 23.0 Å². The van der Waals surface area contributed by atoms with Crippen LogP contribution in [0.4, 0.5) is 0 Å². The highest BCUT2D eigenvalue weighted by Gasteiger charge is 2.44. The maximum Gasteiger partial charge on any atom is 0.302 e. The molecule has 1 aliphatic carbocycles. The third-order valence-corrected chi connectivity index (χ3v) is 6.61. The molecule has 1 aliphatic heterocycles. The Labute approximate surface area is 193 Å². The Morgan fingerprint density at radius 2 is 1.58 bits per heavy atom. The Balaban J connectivity index is 1.91. The Kier molecular flexibility index (Phi) is 6.56. The molecule has 8 heteroatoms. The molecule has 0 saturated carbocycles. The van der Waals surface area contributed by atoms with E-state index in [1.165, 1.54) is 6.92 Å². The summed E-state index contributed by atoms with van der Waals surface area (Å²) in [6, 6.07) is 7.65. The Bertz CT molecular complexity index is 1010. The SMILES string of the molecule is CC[C@H]1C(c2cc(OC)c(OC)c(OC)c2)c2cc3c(cc2[C@@H](O)[C@H]1COC(C)=O)OCO3. The lowest BCUT2D eigenvalue weighted by atomic mass is 9.64. The molecule has 4 rings (SSSR count). The van der Waals surface area contributed by atoms with E-state index < -0.39 is 6.10 Å². The minimum Gasteiger partial charge on any atom is -0.493 e. The van der Waals surface area contributed by atoms with Crippen molar-refractivity contribution in [2.45, 2.75) is 32.3 Å². The van der Waals surface area contributed by atoms with Gasteiger partial charge in [0, 0.05) is 18.8 Å². The summed E-state index contributed by atoms with van der Waals surface area (Å²) in [6.45, 7) is 3.70. The van der Waals surface area contributed by atoms with Crippen molar-refractivity contribution in [2.75, 3.05) is 34.7 Å². The van der Waals surface area contributed by atoms with Gasteiger partial charge in [0.2, 0.25) is 12.5 Å². The van der Waals surface area contributed by atoms with Gasteiger partial charge in [-0.3, -0.25) is 4.79 Å². The number of ether oxygens (including phenoxy) is 6. The minimum atomic E-state index is -0.822. The smallest absolute Gasteiger partial charge is 0.302 e. The molecule has 2 aromatic carbocycles. The number of methoxy groups -OCH3 is 3. The summed E-state index contributed by atoms with van der Waals surface area (Å²) in [4.78, 5) is 11.6. The molecule has 8 nitrogen and oxygen atoms in total. The summed E-state index contributed by atoms with van der Waals surface area (Å²) in [5, 5.41) is 11.4. The lowest BCUT2D eigenvalue weighted by molar-refractivity contribution is -0.145. The maximum atomic E-state index is 11.6. The van der Waals surface area contributed by atoms with Crippen molar-refractivity contribution in [1.29, 1.82) is 0 Å². The van der Waals surface area contributed by atoms with Gasteiger partial charge in [-0.05, 0) is 46.9 Å². The zero-order chi connectivity index (χ0) is 23.7. The normalized spacial score (nSPS) is 23.0. The van der Waals surface area contributed by atoms with Gasteiger partial charge >= 0.3 is 5.97 Å². The molecule has 4 atom stereocenters. The first kappa shape index (κ1) is 23.0. The molecular formula is C25H30O8. The Hall–Kier alpha value is -3.13. The number of carbonyl (C=O) groups excluding carboxylic acids is 1. The van der Waals surface area contributed by atoms with Crippen molar-refractivity contribution >= 4 is 5.97 Å². The lowest BCUT2D eigenvalue weighted by Gasteiger charge is -2.42. The third kappa shape index (κ3) is 4.04. The van der Waals surface area contributed by atoms with Crippen LogP contribution in [0, 0.1) is 11.8 Å². The van der Waals surface area contributed by atoms with Gasteiger partial charge in [-0.15, -0.1) is 0 Å². The van der Waals surface area contributed by atoms with E-state index in [0.29, 0.717) is 28.7 Å². The van der Waals surface area contributed by atoms with Crippen LogP contribution >= 0.6 is 0 Å². The van der Waals surface area contributed by atoms with Crippen molar-refractivity contribution in [1.82, 2.24) is 0 Å². The van der Waals surface area contributed by atoms with Gasteiger partial charge in [0.1, 0.15) is 0 Å². The van der Waals surface area contributed by atoms with Crippen molar-refractivity contribution < 1.29 is 38.3 Å². The van der Waals surface area contributed by atoms with E-state index in [-0.39, 0.29) is 37.1 Å². The van der Waals surface area contributed by atoms with E-state index in [1.54, 1.807) is 21.3 Å². The maximum absolute atomic E-state index is 11.6. The Morgan fingerprint density at radius 3 is 2.09 bits per heavy atom. The van der Waals surface area contributed by atoms with Crippen molar-refractivity contribution in [3.8, 4) is 28.7 Å². The first-order valence-corrected chi connectivity index (χ1v) is 11.0. The molecule has 178 valence electrons. The number of carbonyl (C=O) groups is 1. The molecule has 1 N–H and O–H groups in total. The van der Waals surface area contributed by atoms with Crippen LogP contribution in [0.25, 0.3) is 0 Å². The first-order chi connectivity index (χ1) is 15.9. The predicted molar refractivity (Wildman–Crippen MR) is 119 cm³/mol. The zero-order valence-corrected chi connectivity index (χ0v) is 19.5. The topological polar surface area (TPSA) is 92.7 Å². The van der Waals surface area contributed by atoms with Crippen LogP contribution in [0.3, 0.4) is 0 Å². The number of rotatable bonds is 7. The predicted octanol–water partition coefficient (Wildman–Crippen LogP) is 3.83. The van der Waals surface area contributed by atoms with Crippen molar-refractivity contribution in [3.05, 3.63) is 41.0 Å². The molecule has 1 unspecified atom stereocenters. The van der Waals surface area contributed by atoms with Crippen LogP contribution < -0.4 is 23.7 Å². The van der Waals surface area contributed by atoms with Crippen molar-refractivity contribution in [2.24, 2.45) is 11.8 Å². The average Bonchev–Trinajstić information content (AvgIpc) is 3.28. The monoisotopic (exact) mass is 458 g/mol. The molecule has 0 spiro atoms. The van der Waals surface area contributed by atoms with Crippen LogP contribution in [0.1, 0.15) is 49.0 Å². The molecular weight excluding hydrogens is 428 g/mol. The summed E-state index contributed by atoms with van der Waals surface area (Å²) in [5.41, 5.74) is 2.61. The number of esters is 1. The highest BCUT2D eigenvalue weighted by molar-refractivity contribution is 5.66. The average molecular weight is 459 g/mol. The molecule has 2 aromatic rings. The second kappa shape index (κ2) is 9.39.